The van der Waals surface area contributed by atoms with E-state index in [0.717, 1.165) is 61.9 Å². The van der Waals surface area contributed by atoms with Gasteiger partial charge in [-0.3, -0.25) is 15.0 Å². The molecule has 9 heteroatoms. The largest absolute Gasteiger partial charge is 0.400 e. The van der Waals surface area contributed by atoms with E-state index in [4.69, 9.17) is 5.11 Å². The first-order valence-corrected chi connectivity index (χ1v) is 12.6. The second kappa shape index (κ2) is 21.0. The van der Waals surface area contributed by atoms with Gasteiger partial charge in [-0.25, -0.2) is 8.78 Å². The second-order valence-electron chi connectivity index (χ2n) is 7.55. The van der Waals surface area contributed by atoms with Gasteiger partial charge in [-0.05, 0) is 45.6 Å². The van der Waals surface area contributed by atoms with Gasteiger partial charge < -0.3 is 10.4 Å². The fraction of sp³-hybridized carbons (Fsp3) is 0.667. The molecular weight excluding hydrogens is 444 g/mol. The molecule has 1 aromatic rings. The smallest absolute Gasteiger partial charge is 0.247 e. The van der Waals surface area contributed by atoms with E-state index in [1.165, 1.54) is 43.9 Å². The molecule has 1 aliphatic heterocycles. The third-order valence-electron chi connectivity index (χ3n) is 5.31. The molecule has 0 spiro atoms. The average Bonchev–Trinajstić information content (AvgIpc) is 3.38. The number of hydrogen-bond acceptors (Lipinski definition) is 6. The number of allylic oxidation sites excluding steroid dienone is 1. The first-order valence-electron chi connectivity index (χ1n) is 11.6. The Bertz CT molecular complexity index is 635. The number of aromatic nitrogens is 2. The summed E-state index contributed by atoms with van der Waals surface area (Å²) in [4.78, 5) is 7.14. The molecule has 2 aliphatic rings. The number of aromatic amines is 1. The van der Waals surface area contributed by atoms with Crippen molar-refractivity contribution < 1.29 is 13.9 Å². The van der Waals surface area contributed by atoms with Crippen molar-refractivity contribution >= 4 is 18.5 Å². The van der Waals surface area contributed by atoms with Crippen LogP contribution in [0.25, 0.3) is 0 Å². The molecule has 3 N–H and O–H groups in total. The molecule has 0 unspecified atom stereocenters. The average molecular weight is 488 g/mol. The normalized spacial score (nSPS) is 16.6. The highest BCUT2D eigenvalue weighted by molar-refractivity contribution is 8.03. The Morgan fingerprint density at radius 3 is 2.52 bits per heavy atom. The van der Waals surface area contributed by atoms with Gasteiger partial charge >= 0.3 is 0 Å². The van der Waals surface area contributed by atoms with Crippen molar-refractivity contribution in [1.29, 1.82) is 0 Å². The van der Waals surface area contributed by atoms with Gasteiger partial charge in [0.05, 0.1) is 11.4 Å². The maximum Gasteiger partial charge on any atom is 0.247 e. The number of rotatable bonds is 8. The Morgan fingerprint density at radius 1 is 1.36 bits per heavy atom. The zero-order valence-electron chi connectivity index (χ0n) is 20.5. The van der Waals surface area contributed by atoms with Gasteiger partial charge in [0.1, 0.15) is 0 Å². The van der Waals surface area contributed by atoms with E-state index in [9.17, 15) is 8.78 Å². The summed E-state index contributed by atoms with van der Waals surface area (Å²) in [5, 5.41) is 16.9. The Hall–Kier alpha value is -1.55. The van der Waals surface area contributed by atoms with Crippen LogP contribution in [0.4, 0.5) is 8.78 Å². The lowest BCUT2D eigenvalue weighted by Crippen LogP contribution is -2.30. The minimum Gasteiger partial charge on any atom is -0.400 e. The minimum atomic E-state index is -2.25. The van der Waals surface area contributed by atoms with E-state index in [0.29, 0.717) is 0 Å². The highest BCUT2D eigenvalue weighted by Gasteiger charge is 2.18. The number of halogens is 2. The predicted molar refractivity (Wildman–Crippen MR) is 138 cm³/mol. The quantitative estimate of drug-likeness (QED) is 0.359. The highest BCUT2D eigenvalue weighted by atomic mass is 32.2. The van der Waals surface area contributed by atoms with Crippen molar-refractivity contribution in [3.8, 4) is 0 Å². The van der Waals surface area contributed by atoms with Crippen LogP contribution < -0.4 is 5.32 Å². The molecule has 0 radical (unpaired) electrons. The van der Waals surface area contributed by atoms with Crippen molar-refractivity contribution in [2.24, 2.45) is 4.99 Å². The summed E-state index contributed by atoms with van der Waals surface area (Å²) in [6.07, 6.45) is 10.1. The zero-order chi connectivity index (χ0) is 24.9. The number of nitrogens with zero attached hydrogens (tertiary/aromatic N) is 3. The summed E-state index contributed by atoms with van der Waals surface area (Å²) in [5.74, 6) is -0.138. The first-order chi connectivity index (χ1) is 16.0. The lowest BCUT2D eigenvalue weighted by atomic mass is 9.96. The molecule has 6 nitrogen and oxygen atoms in total. The molecule has 3 rings (SSSR count). The maximum absolute atomic E-state index is 12.1. The van der Waals surface area contributed by atoms with E-state index >= 15 is 0 Å². The number of alkyl halides is 2. The summed E-state index contributed by atoms with van der Waals surface area (Å²) in [6.45, 7) is 11.8. The number of aliphatic hydroxyl groups excluding tert-OH is 1. The molecular formula is C24H43F2N5OS. The van der Waals surface area contributed by atoms with Crippen molar-refractivity contribution in [1.82, 2.24) is 20.4 Å². The summed E-state index contributed by atoms with van der Waals surface area (Å²) in [6, 6.07) is 2.77. The van der Waals surface area contributed by atoms with Crippen LogP contribution in [0.5, 0.6) is 0 Å². The van der Waals surface area contributed by atoms with Gasteiger partial charge in [-0.2, -0.15) is 5.10 Å². The molecule has 1 aliphatic carbocycles. The van der Waals surface area contributed by atoms with Crippen molar-refractivity contribution in [3.63, 3.8) is 0 Å². The third kappa shape index (κ3) is 15.1. The molecule has 0 amide bonds. The second-order valence-corrected chi connectivity index (χ2v) is 8.66. The van der Waals surface area contributed by atoms with Crippen LogP contribution in [0.3, 0.4) is 0 Å². The number of aliphatic hydroxyl groups is 1. The van der Waals surface area contributed by atoms with Crippen LogP contribution in [-0.4, -0.2) is 78.9 Å². The number of nitrogens with one attached hydrogen (secondary N) is 2. The van der Waals surface area contributed by atoms with Crippen LogP contribution in [0.1, 0.15) is 51.1 Å². The van der Waals surface area contributed by atoms with Gasteiger partial charge in [0.15, 0.2) is 0 Å². The molecule has 1 saturated carbocycles. The Morgan fingerprint density at radius 2 is 2.06 bits per heavy atom. The molecule has 1 fully saturated rings. The lowest BCUT2D eigenvalue weighted by Gasteiger charge is -2.27. The Kier molecular flexibility index (Phi) is 20.0. The van der Waals surface area contributed by atoms with Gasteiger partial charge in [0, 0.05) is 49.5 Å². The molecule has 0 saturated heterocycles. The number of H-pyrrole nitrogens is 1. The number of thioether (sulfide) groups is 1. The molecule has 0 bridgehead atoms. The molecule has 33 heavy (non-hydrogen) atoms. The highest BCUT2D eigenvalue weighted by Crippen LogP contribution is 2.29. The minimum absolute atomic E-state index is 0.138. The Labute approximate surface area is 203 Å². The first kappa shape index (κ1) is 31.4. The van der Waals surface area contributed by atoms with E-state index < -0.39 is 6.43 Å². The van der Waals surface area contributed by atoms with E-state index in [1.54, 1.807) is 6.20 Å². The summed E-state index contributed by atoms with van der Waals surface area (Å²) in [5.41, 5.74) is 1.98. The van der Waals surface area contributed by atoms with Crippen molar-refractivity contribution in [2.45, 2.75) is 64.3 Å². The monoisotopic (exact) mass is 487 g/mol. The number of hydrogen-bond donors (Lipinski definition) is 3. The fourth-order valence-corrected chi connectivity index (χ4v) is 4.31. The lowest BCUT2D eigenvalue weighted by molar-refractivity contribution is 0.177. The fourth-order valence-electron chi connectivity index (χ4n) is 3.46. The van der Waals surface area contributed by atoms with Crippen LogP contribution in [0.2, 0.25) is 0 Å². The van der Waals surface area contributed by atoms with E-state index in [2.05, 4.69) is 52.7 Å². The van der Waals surface area contributed by atoms with E-state index in [-0.39, 0.29) is 5.75 Å². The van der Waals surface area contributed by atoms with Crippen LogP contribution in [-0.2, 0) is 6.42 Å². The van der Waals surface area contributed by atoms with Gasteiger partial charge in [-0.15, -0.1) is 18.3 Å². The van der Waals surface area contributed by atoms with Crippen LogP contribution >= 0.6 is 11.8 Å². The molecule has 2 heterocycles. The van der Waals surface area contributed by atoms with Crippen LogP contribution in [0, 0.1) is 0 Å². The van der Waals surface area contributed by atoms with E-state index in [1.807, 2.05) is 12.1 Å². The van der Waals surface area contributed by atoms with Gasteiger partial charge in [0.25, 0.3) is 0 Å². The zero-order valence-corrected chi connectivity index (χ0v) is 21.3. The molecule has 190 valence electrons. The SMILES string of the molecule is C=CCc1ccn[nH]1.C=NC1=C(SCC(F)F)CCN(CC)C1.CNC1CCCCC1.CO. The third-order valence-corrected chi connectivity index (χ3v) is 6.51. The summed E-state index contributed by atoms with van der Waals surface area (Å²) < 4.78 is 24.1. The standard InChI is InChI=1S/C10H16F2N2S.C7H15N.C6H8N2.CH4O/c1-3-14-5-4-9(8(6-14)13-2)15-7-10(11)12;1-8-7-5-3-2-4-6-7;1-2-3-6-4-5-7-8-6;1-2/h10H,2-7H2,1H3;7-8H,2-6H2,1H3;2,4-5H,1,3H2,(H,7,8);2H,1H3. The summed E-state index contributed by atoms with van der Waals surface area (Å²) >= 11 is 1.22. The molecule has 0 atom stereocenters. The molecule has 0 aromatic carbocycles. The van der Waals surface area contributed by atoms with Crippen molar-refractivity contribution in [2.75, 3.05) is 39.5 Å². The molecule has 1 aromatic heterocycles. The van der Waals surface area contributed by atoms with Gasteiger partial charge in [-0.1, -0.05) is 32.3 Å². The predicted octanol–water partition coefficient (Wildman–Crippen LogP) is 4.91. The van der Waals surface area contributed by atoms with Crippen LogP contribution in [0.15, 0.2) is 40.5 Å². The van der Waals surface area contributed by atoms with Crippen molar-refractivity contribution in [3.05, 3.63) is 41.2 Å². The topological polar surface area (TPSA) is 76.5 Å². The maximum atomic E-state index is 12.1. The summed E-state index contributed by atoms with van der Waals surface area (Å²) in [7, 11) is 3.07. The number of aliphatic imine (C=N–C) groups is 1. The number of likely N-dealkylation sites (N-methyl/N-ethyl adjacent to an activating group) is 1. The van der Waals surface area contributed by atoms with Gasteiger partial charge in [0.2, 0.25) is 6.43 Å². The Balaban J connectivity index is 0.000000482.